The molecule has 1 aliphatic carbocycles. The summed E-state index contributed by atoms with van der Waals surface area (Å²) in [6.45, 7) is 7.39. The SMILES string of the molecule is CC(C)C(=O)N1CCN(c2cc(S(=O)NC3(C#N)CC3)cn3c(-c4nnc(C(F)F)s4)ncc23)CC1C. The molecule has 37 heavy (non-hydrogen) atoms. The summed E-state index contributed by atoms with van der Waals surface area (Å²) < 4.78 is 44.2. The van der Waals surface area contributed by atoms with Crippen molar-refractivity contribution in [1.29, 1.82) is 5.26 Å². The molecular formula is C23H26F2N8O2S2. The van der Waals surface area contributed by atoms with E-state index in [-0.39, 0.29) is 22.9 Å². The highest BCUT2D eigenvalue weighted by molar-refractivity contribution is 7.83. The van der Waals surface area contributed by atoms with Gasteiger partial charge < -0.3 is 9.80 Å². The third-order valence-corrected chi connectivity index (χ3v) is 8.78. The van der Waals surface area contributed by atoms with Crippen LogP contribution in [0.25, 0.3) is 16.3 Å². The van der Waals surface area contributed by atoms with Crippen LogP contribution in [-0.2, 0) is 15.8 Å². The molecule has 4 heterocycles. The molecule has 2 atom stereocenters. The molecule has 14 heteroatoms. The van der Waals surface area contributed by atoms with Crippen LogP contribution in [0.1, 0.15) is 45.0 Å². The summed E-state index contributed by atoms with van der Waals surface area (Å²) in [4.78, 5) is 21.5. The van der Waals surface area contributed by atoms with Gasteiger partial charge in [0.1, 0.15) is 16.5 Å². The molecule has 2 aliphatic rings. The van der Waals surface area contributed by atoms with Gasteiger partial charge in [-0.25, -0.2) is 22.7 Å². The number of anilines is 1. The molecule has 1 saturated carbocycles. The number of nitrogens with one attached hydrogen (secondary N) is 1. The van der Waals surface area contributed by atoms with Crippen LogP contribution < -0.4 is 9.62 Å². The zero-order valence-corrected chi connectivity index (χ0v) is 22.2. The summed E-state index contributed by atoms with van der Waals surface area (Å²) >= 11 is 0.752. The van der Waals surface area contributed by atoms with Crippen molar-refractivity contribution in [2.24, 2.45) is 5.92 Å². The van der Waals surface area contributed by atoms with Crippen molar-refractivity contribution in [2.75, 3.05) is 24.5 Å². The summed E-state index contributed by atoms with van der Waals surface area (Å²) in [5.41, 5.74) is 0.623. The van der Waals surface area contributed by atoms with E-state index in [2.05, 4.69) is 30.9 Å². The molecular weight excluding hydrogens is 522 g/mol. The second kappa shape index (κ2) is 9.70. The van der Waals surface area contributed by atoms with E-state index in [1.165, 1.54) is 0 Å². The van der Waals surface area contributed by atoms with Crippen molar-refractivity contribution in [3.63, 3.8) is 0 Å². The molecule has 0 radical (unpaired) electrons. The summed E-state index contributed by atoms with van der Waals surface area (Å²) in [5.74, 6) is 0.303. The Kier molecular flexibility index (Phi) is 6.71. The highest BCUT2D eigenvalue weighted by atomic mass is 32.2. The van der Waals surface area contributed by atoms with Crippen molar-refractivity contribution >= 4 is 39.4 Å². The molecule has 0 spiro atoms. The molecule has 1 aliphatic heterocycles. The van der Waals surface area contributed by atoms with Gasteiger partial charge in [-0.05, 0) is 25.8 Å². The van der Waals surface area contributed by atoms with Gasteiger partial charge in [-0.15, -0.1) is 10.2 Å². The average Bonchev–Trinajstić information content (AvgIpc) is 3.26. The lowest BCUT2D eigenvalue weighted by Gasteiger charge is -2.42. The molecule has 2 fully saturated rings. The van der Waals surface area contributed by atoms with Gasteiger partial charge in [0.2, 0.25) is 5.91 Å². The number of rotatable bonds is 7. The number of imidazole rings is 1. The first kappa shape index (κ1) is 25.6. The van der Waals surface area contributed by atoms with Crippen molar-refractivity contribution in [2.45, 2.75) is 56.5 Å². The number of carbonyl (C=O) groups is 1. The van der Waals surface area contributed by atoms with E-state index in [0.29, 0.717) is 48.7 Å². The quantitative estimate of drug-likeness (QED) is 0.482. The monoisotopic (exact) mass is 548 g/mol. The Morgan fingerprint density at radius 1 is 1.32 bits per heavy atom. The van der Waals surface area contributed by atoms with Crippen molar-refractivity contribution in [3.8, 4) is 16.9 Å². The van der Waals surface area contributed by atoms with E-state index in [1.54, 1.807) is 22.9 Å². The number of pyridine rings is 1. The second-order valence-electron chi connectivity index (χ2n) is 9.69. The van der Waals surface area contributed by atoms with Crippen molar-refractivity contribution in [1.82, 2.24) is 29.2 Å². The number of carbonyl (C=O) groups excluding carboxylic acids is 1. The lowest BCUT2D eigenvalue weighted by atomic mass is 10.1. The Bertz CT molecular complexity index is 1410. The molecule has 1 N–H and O–H groups in total. The van der Waals surface area contributed by atoms with E-state index in [4.69, 9.17) is 0 Å². The largest absolute Gasteiger partial charge is 0.366 e. The molecule has 1 amide bonds. The molecule has 0 aromatic carbocycles. The van der Waals surface area contributed by atoms with Gasteiger partial charge in [0.05, 0.1) is 28.4 Å². The lowest BCUT2D eigenvalue weighted by Crippen LogP contribution is -2.55. The summed E-state index contributed by atoms with van der Waals surface area (Å²) in [7, 11) is -1.71. The number of fused-ring (bicyclic) bond motifs is 1. The van der Waals surface area contributed by atoms with Crippen LogP contribution in [-0.4, -0.2) is 65.8 Å². The molecule has 196 valence electrons. The smallest absolute Gasteiger partial charge is 0.291 e. The van der Waals surface area contributed by atoms with E-state index in [9.17, 15) is 23.0 Å². The van der Waals surface area contributed by atoms with E-state index in [0.717, 1.165) is 17.0 Å². The first-order chi connectivity index (χ1) is 17.6. The van der Waals surface area contributed by atoms with Gasteiger partial charge in [-0.1, -0.05) is 25.2 Å². The number of halogens is 2. The fourth-order valence-corrected chi connectivity index (χ4v) is 6.25. The summed E-state index contributed by atoms with van der Waals surface area (Å²) in [5, 5.41) is 16.7. The molecule has 3 aromatic heterocycles. The van der Waals surface area contributed by atoms with Crippen LogP contribution in [0.4, 0.5) is 14.5 Å². The van der Waals surface area contributed by atoms with Gasteiger partial charge in [-0.3, -0.25) is 9.20 Å². The van der Waals surface area contributed by atoms with Gasteiger partial charge in [0, 0.05) is 37.8 Å². The number of amides is 1. The number of piperazine rings is 1. The third-order valence-electron chi connectivity index (χ3n) is 6.62. The van der Waals surface area contributed by atoms with Crippen LogP contribution in [0.2, 0.25) is 0 Å². The maximum Gasteiger partial charge on any atom is 0.291 e. The van der Waals surface area contributed by atoms with Gasteiger partial charge in [0.25, 0.3) is 6.43 Å². The maximum absolute atomic E-state index is 13.3. The van der Waals surface area contributed by atoms with Crippen LogP contribution in [0.5, 0.6) is 0 Å². The summed E-state index contributed by atoms with van der Waals surface area (Å²) in [6.07, 6.45) is 1.74. The average molecular weight is 549 g/mol. The Morgan fingerprint density at radius 2 is 2.08 bits per heavy atom. The fourth-order valence-electron chi connectivity index (χ4n) is 4.41. The highest BCUT2D eigenvalue weighted by Crippen LogP contribution is 2.37. The van der Waals surface area contributed by atoms with Crippen molar-refractivity contribution < 1.29 is 17.8 Å². The first-order valence-electron chi connectivity index (χ1n) is 11.9. The van der Waals surface area contributed by atoms with Crippen LogP contribution in [0.15, 0.2) is 23.4 Å². The summed E-state index contributed by atoms with van der Waals surface area (Å²) in [6, 6.07) is 3.93. The van der Waals surface area contributed by atoms with E-state index < -0.39 is 28.0 Å². The number of nitrogens with zero attached hydrogens (tertiary/aromatic N) is 7. The minimum atomic E-state index is -2.74. The zero-order chi connectivity index (χ0) is 26.5. The van der Waals surface area contributed by atoms with Gasteiger partial charge in [-0.2, -0.15) is 5.26 Å². The number of alkyl halides is 2. The Balaban J connectivity index is 1.55. The molecule has 10 nitrogen and oxygen atoms in total. The highest BCUT2D eigenvalue weighted by Gasteiger charge is 2.45. The van der Waals surface area contributed by atoms with E-state index in [1.807, 2.05) is 25.7 Å². The van der Waals surface area contributed by atoms with Crippen LogP contribution in [0, 0.1) is 17.2 Å². The standard InChI is InChI=1S/C23H26F2N8O2S2/c1-13(2)22(34)32-7-6-31(10-14(32)3)16-8-15(37(35)30-23(12-26)4-5-23)11-33-17(16)9-27-19(33)21-29-28-20(36-21)18(24)25/h8-9,11,13-14,18,30H,4-7,10H2,1-3H3. The normalized spacial score (nSPS) is 20.0. The lowest BCUT2D eigenvalue weighted by molar-refractivity contribution is -0.136. The predicted molar refractivity (Wildman–Crippen MR) is 134 cm³/mol. The van der Waals surface area contributed by atoms with Gasteiger partial charge >= 0.3 is 0 Å². The van der Waals surface area contributed by atoms with Gasteiger partial charge in [0.15, 0.2) is 15.8 Å². The first-order valence-corrected chi connectivity index (χ1v) is 13.9. The molecule has 0 bridgehead atoms. The second-order valence-corrected chi connectivity index (χ2v) is 11.9. The fraction of sp³-hybridized carbons (Fsp3) is 0.522. The Morgan fingerprint density at radius 3 is 2.68 bits per heavy atom. The Hall–Kier alpha value is -3.02. The maximum atomic E-state index is 13.3. The van der Waals surface area contributed by atoms with Crippen LogP contribution in [0.3, 0.4) is 0 Å². The number of hydrogen-bond donors (Lipinski definition) is 1. The molecule has 3 aromatic rings. The minimum Gasteiger partial charge on any atom is -0.366 e. The number of aromatic nitrogens is 4. The van der Waals surface area contributed by atoms with E-state index >= 15 is 0 Å². The number of nitriles is 1. The topological polar surface area (TPSA) is 120 Å². The number of hydrogen-bond acceptors (Lipinski definition) is 8. The molecule has 1 saturated heterocycles. The molecule has 5 rings (SSSR count). The van der Waals surface area contributed by atoms with Crippen LogP contribution >= 0.6 is 11.3 Å². The molecule has 2 unspecified atom stereocenters. The minimum absolute atomic E-state index is 0.0524. The van der Waals surface area contributed by atoms with Crippen molar-refractivity contribution in [3.05, 3.63) is 23.5 Å². The predicted octanol–water partition coefficient (Wildman–Crippen LogP) is 3.15. The zero-order valence-electron chi connectivity index (χ0n) is 20.5. The Labute approximate surface area is 218 Å². The third kappa shape index (κ3) is 4.83.